The molecule has 1 rings (SSSR count). The molecule has 3 nitrogen and oxygen atoms in total. The lowest BCUT2D eigenvalue weighted by atomic mass is 10.0. The van der Waals surface area contributed by atoms with Crippen LogP contribution in [0.25, 0.3) is 0 Å². The van der Waals surface area contributed by atoms with Crippen LogP contribution in [0.1, 0.15) is 38.3 Å². The third kappa shape index (κ3) is 5.07. The van der Waals surface area contributed by atoms with Gasteiger partial charge in [0.25, 0.3) is 0 Å². The number of hydrogen-bond donors (Lipinski definition) is 2. The highest BCUT2D eigenvalue weighted by Crippen LogP contribution is 2.17. The van der Waals surface area contributed by atoms with Gasteiger partial charge in [-0.1, -0.05) is 30.7 Å². The average molecular weight is 269 g/mol. The van der Waals surface area contributed by atoms with Gasteiger partial charge in [0.05, 0.1) is 6.04 Å². The van der Waals surface area contributed by atoms with Gasteiger partial charge in [0, 0.05) is 11.4 Å². The highest BCUT2D eigenvalue weighted by Gasteiger charge is 2.10. The molecule has 0 aliphatic carbocycles. The minimum absolute atomic E-state index is 0.0237. The summed E-state index contributed by atoms with van der Waals surface area (Å²) in [6.07, 6.45) is 1.34. The Morgan fingerprint density at radius 2 is 2.17 bits per heavy atom. The molecule has 0 saturated heterocycles. The Hall–Kier alpha value is -1.06. The van der Waals surface area contributed by atoms with Gasteiger partial charge in [0.1, 0.15) is 0 Å². The van der Waals surface area contributed by atoms with Crippen molar-refractivity contribution in [1.82, 2.24) is 5.32 Å². The van der Waals surface area contributed by atoms with E-state index in [2.05, 4.69) is 5.32 Å². The molecule has 3 N–H and O–H groups in total. The standard InChI is InChI=1S/C14H21ClN2O/c1-10(9-16)6-7-14(18)17-11(2)12-4-3-5-13(15)8-12/h3-5,8,10-11H,6-7,9,16H2,1-2H3,(H,17,18)/t10?,11-/m0/s1. The number of carbonyl (C=O) groups is 1. The minimum atomic E-state index is -0.0237. The van der Waals surface area contributed by atoms with Gasteiger partial charge in [-0.05, 0) is 43.5 Å². The smallest absolute Gasteiger partial charge is 0.220 e. The number of carbonyl (C=O) groups excluding carboxylic acids is 1. The van der Waals surface area contributed by atoms with Gasteiger partial charge in [-0.3, -0.25) is 4.79 Å². The van der Waals surface area contributed by atoms with Crippen LogP contribution in [0, 0.1) is 5.92 Å². The number of nitrogens with two attached hydrogens (primary N) is 1. The molecule has 1 amide bonds. The van der Waals surface area contributed by atoms with E-state index in [1.54, 1.807) is 0 Å². The van der Waals surface area contributed by atoms with E-state index in [9.17, 15) is 4.79 Å². The fourth-order valence-corrected chi connectivity index (χ4v) is 1.87. The van der Waals surface area contributed by atoms with Gasteiger partial charge in [-0.2, -0.15) is 0 Å². The molecule has 0 spiro atoms. The van der Waals surface area contributed by atoms with Crippen molar-refractivity contribution in [3.8, 4) is 0 Å². The number of nitrogens with one attached hydrogen (secondary N) is 1. The lowest BCUT2D eigenvalue weighted by molar-refractivity contribution is -0.122. The lowest BCUT2D eigenvalue weighted by Crippen LogP contribution is -2.27. The van der Waals surface area contributed by atoms with Crippen molar-refractivity contribution >= 4 is 17.5 Å². The molecular weight excluding hydrogens is 248 g/mol. The normalized spacial score (nSPS) is 14.0. The third-order valence-electron chi connectivity index (χ3n) is 2.99. The largest absolute Gasteiger partial charge is 0.350 e. The fourth-order valence-electron chi connectivity index (χ4n) is 1.67. The minimum Gasteiger partial charge on any atom is -0.350 e. The molecule has 1 unspecified atom stereocenters. The van der Waals surface area contributed by atoms with E-state index in [1.165, 1.54) is 0 Å². The molecule has 0 fully saturated rings. The average Bonchev–Trinajstić information content (AvgIpc) is 2.35. The molecule has 18 heavy (non-hydrogen) atoms. The summed E-state index contributed by atoms with van der Waals surface area (Å²) < 4.78 is 0. The Kier molecular flexibility index (Phi) is 6.16. The van der Waals surface area contributed by atoms with Crippen LogP contribution in [-0.4, -0.2) is 12.5 Å². The second-order valence-electron chi connectivity index (χ2n) is 4.72. The third-order valence-corrected chi connectivity index (χ3v) is 3.23. The van der Waals surface area contributed by atoms with E-state index < -0.39 is 0 Å². The zero-order valence-corrected chi connectivity index (χ0v) is 11.7. The maximum atomic E-state index is 11.7. The fraction of sp³-hybridized carbons (Fsp3) is 0.500. The predicted molar refractivity (Wildman–Crippen MR) is 75.5 cm³/mol. The van der Waals surface area contributed by atoms with E-state index in [0.717, 1.165) is 12.0 Å². The zero-order valence-electron chi connectivity index (χ0n) is 10.9. The van der Waals surface area contributed by atoms with Crippen LogP contribution in [0.15, 0.2) is 24.3 Å². The van der Waals surface area contributed by atoms with Crippen LogP contribution in [0.4, 0.5) is 0 Å². The van der Waals surface area contributed by atoms with E-state index in [1.807, 2.05) is 38.1 Å². The summed E-state index contributed by atoms with van der Waals surface area (Å²) in [5.74, 6) is 0.444. The summed E-state index contributed by atoms with van der Waals surface area (Å²) in [5.41, 5.74) is 6.54. The van der Waals surface area contributed by atoms with Crippen molar-refractivity contribution in [2.75, 3.05) is 6.54 Å². The molecule has 100 valence electrons. The van der Waals surface area contributed by atoms with Crippen LogP contribution in [-0.2, 0) is 4.79 Å². The Morgan fingerprint density at radius 3 is 2.78 bits per heavy atom. The van der Waals surface area contributed by atoms with Crippen molar-refractivity contribution in [3.05, 3.63) is 34.9 Å². The predicted octanol–water partition coefficient (Wildman–Crippen LogP) is 2.89. The van der Waals surface area contributed by atoms with Crippen molar-refractivity contribution in [2.24, 2.45) is 11.7 Å². The summed E-state index contributed by atoms with van der Waals surface area (Å²) in [7, 11) is 0. The Labute approximate surface area is 114 Å². The van der Waals surface area contributed by atoms with Crippen molar-refractivity contribution < 1.29 is 4.79 Å². The molecule has 1 aromatic carbocycles. The quantitative estimate of drug-likeness (QED) is 0.834. The lowest BCUT2D eigenvalue weighted by Gasteiger charge is -2.15. The summed E-state index contributed by atoms with van der Waals surface area (Å²) in [4.78, 5) is 11.7. The van der Waals surface area contributed by atoms with Crippen molar-refractivity contribution in [1.29, 1.82) is 0 Å². The topological polar surface area (TPSA) is 55.1 Å². The molecule has 0 saturated carbocycles. The second kappa shape index (κ2) is 7.39. The Morgan fingerprint density at radius 1 is 1.44 bits per heavy atom. The maximum Gasteiger partial charge on any atom is 0.220 e. The molecular formula is C14H21ClN2O. The SMILES string of the molecule is CC(CN)CCC(=O)N[C@@H](C)c1cccc(Cl)c1. The van der Waals surface area contributed by atoms with Gasteiger partial charge in [-0.25, -0.2) is 0 Å². The first-order valence-corrected chi connectivity index (χ1v) is 6.65. The summed E-state index contributed by atoms with van der Waals surface area (Å²) >= 11 is 5.92. The number of rotatable bonds is 6. The van der Waals surface area contributed by atoms with Crippen LogP contribution in [0.5, 0.6) is 0 Å². The van der Waals surface area contributed by atoms with E-state index in [-0.39, 0.29) is 11.9 Å². The maximum absolute atomic E-state index is 11.7. The number of benzene rings is 1. The van der Waals surface area contributed by atoms with Crippen LogP contribution in [0.2, 0.25) is 5.02 Å². The highest BCUT2D eigenvalue weighted by molar-refractivity contribution is 6.30. The first-order chi connectivity index (χ1) is 8.52. The van der Waals surface area contributed by atoms with Gasteiger partial charge < -0.3 is 11.1 Å². The Balaban J connectivity index is 2.44. The summed E-state index contributed by atoms with van der Waals surface area (Å²) in [5, 5.41) is 3.65. The summed E-state index contributed by atoms with van der Waals surface area (Å²) in [6, 6.07) is 7.51. The van der Waals surface area contributed by atoms with Crippen LogP contribution < -0.4 is 11.1 Å². The molecule has 0 heterocycles. The van der Waals surface area contributed by atoms with Gasteiger partial charge in [-0.15, -0.1) is 0 Å². The molecule has 0 aliphatic heterocycles. The molecule has 0 bridgehead atoms. The summed E-state index contributed by atoms with van der Waals surface area (Å²) in [6.45, 7) is 4.63. The number of halogens is 1. The molecule has 1 aromatic rings. The highest BCUT2D eigenvalue weighted by atomic mass is 35.5. The first-order valence-electron chi connectivity index (χ1n) is 6.27. The second-order valence-corrected chi connectivity index (χ2v) is 5.16. The van der Waals surface area contributed by atoms with E-state index >= 15 is 0 Å². The van der Waals surface area contributed by atoms with Gasteiger partial charge in [0.2, 0.25) is 5.91 Å². The Bertz CT molecular complexity index is 395. The van der Waals surface area contributed by atoms with Crippen molar-refractivity contribution in [2.45, 2.75) is 32.7 Å². The van der Waals surface area contributed by atoms with Crippen molar-refractivity contribution in [3.63, 3.8) is 0 Å². The zero-order chi connectivity index (χ0) is 13.5. The number of amides is 1. The van der Waals surface area contributed by atoms with Gasteiger partial charge >= 0.3 is 0 Å². The molecule has 0 aromatic heterocycles. The van der Waals surface area contributed by atoms with E-state index in [4.69, 9.17) is 17.3 Å². The molecule has 4 heteroatoms. The van der Waals surface area contributed by atoms with Gasteiger partial charge in [0.15, 0.2) is 0 Å². The molecule has 0 radical (unpaired) electrons. The van der Waals surface area contributed by atoms with Crippen LogP contribution in [0.3, 0.4) is 0 Å². The van der Waals surface area contributed by atoms with Crippen LogP contribution >= 0.6 is 11.6 Å². The molecule has 2 atom stereocenters. The number of hydrogen-bond acceptors (Lipinski definition) is 2. The molecule has 0 aliphatic rings. The first kappa shape index (κ1) is 15.0. The van der Waals surface area contributed by atoms with E-state index in [0.29, 0.717) is 23.9 Å². The monoisotopic (exact) mass is 268 g/mol.